The molecule has 0 saturated heterocycles. The highest BCUT2D eigenvalue weighted by atomic mass is 19.1. The van der Waals surface area contributed by atoms with Crippen molar-refractivity contribution in [3.05, 3.63) is 54.0 Å². The number of H-pyrrole nitrogens is 1. The molecular weight excluding hydrogens is 245 g/mol. The normalized spacial score (nSPS) is 10.8. The molecule has 0 bridgehead atoms. The minimum absolute atomic E-state index is 0.0710. The molecule has 0 unspecified atom stereocenters. The zero-order chi connectivity index (χ0) is 13.2. The number of fused-ring (bicyclic) bond motifs is 1. The van der Waals surface area contributed by atoms with Crippen molar-refractivity contribution in [3.63, 3.8) is 0 Å². The Labute approximate surface area is 108 Å². The topological polar surface area (TPSA) is 60.9 Å². The molecule has 0 aliphatic carbocycles. The molecule has 3 aromatic rings. The van der Waals surface area contributed by atoms with Crippen LogP contribution in [0.2, 0.25) is 0 Å². The van der Waals surface area contributed by atoms with Crippen molar-refractivity contribution >= 4 is 16.6 Å². The lowest BCUT2D eigenvalue weighted by molar-refractivity contribution is 0.468. The summed E-state index contributed by atoms with van der Waals surface area (Å²) in [6, 6.07) is 9.78. The molecule has 0 radical (unpaired) electrons. The van der Waals surface area contributed by atoms with Crippen LogP contribution in [-0.2, 0) is 6.54 Å². The highest BCUT2D eigenvalue weighted by Gasteiger charge is 2.03. The number of aromatic nitrogens is 2. The van der Waals surface area contributed by atoms with Gasteiger partial charge >= 0.3 is 0 Å². The second-order valence-corrected chi connectivity index (χ2v) is 4.31. The van der Waals surface area contributed by atoms with Gasteiger partial charge in [-0.05, 0) is 29.8 Å². The Morgan fingerprint density at radius 3 is 3.00 bits per heavy atom. The van der Waals surface area contributed by atoms with E-state index >= 15 is 0 Å². The number of hydrogen-bond acceptors (Lipinski definition) is 3. The number of benzene rings is 2. The minimum Gasteiger partial charge on any atom is -0.508 e. The molecule has 0 fully saturated rings. The number of halogens is 1. The summed E-state index contributed by atoms with van der Waals surface area (Å²) >= 11 is 0. The number of rotatable bonds is 3. The monoisotopic (exact) mass is 257 g/mol. The molecule has 96 valence electrons. The summed E-state index contributed by atoms with van der Waals surface area (Å²) in [5, 5.41) is 20.4. The van der Waals surface area contributed by atoms with E-state index in [1.54, 1.807) is 6.20 Å². The number of hydrogen-bond donors (Lipinski definition) is 3. The number of nitrogens with zero attached hydrogens (tertiary/aromatic N) is 1. The number of anilines is 1. The summed E-state index contributed by atoms with van der Waals surface area (Å²) in [6.07, 6.45) is 1.74. The van der Waals surface area contributed by atoms with Gasteiger partial charge in [0.1, 0.15) is 11.6 Å². The largest absolute Gasteiger partial charge is 0.508 e. The van der Waals surface area contributed by atoms with Gasteiger partial charge in [0, 0.05) is 23.7 Å². The molecule has 5 heteroatoms. The van der Waals surface area contributed by atoms with E-state index in [1.807, 2.05) is 18.2 Å². The lowest BCUT2D eigenvalue weighted by Gasteiger charge is -2.08. The van der Waals surface area contributed by atoms with Crippen LogP contribution < -0.4 is 5.32 Å². The van der Waals surface area contributed by atoms with Gasteiger partial charge in [0.15, 0.2) is 0 Å². The maximum Gasteiger partial charge on any atom is 0.127 e. The first kappa shape index (κ1) is 11.5. The predicted molar refractivity (Wildman–Crippen MR) is 71.5 cm³/mol. The van der Waals surface area contributed by atoms with Gasteiger partial charge in [0.25, 0.3) is 0 Å². The standard InChI is InChI=1S/C14H12FN3O/c15-10-4-9(5-11(19)6-10)7-16-13-2-1-3-14-12(13)8-17-18-14/h1-6,8,16,19H,7H2,(H,17,18). The summed E-state index contributed by atoms with van der Waals surface area (Å²) in [4.78, 5) is 0. The van der Waals surface area contributed by atoms with Crippen LogP contribution in [0.3, 0.4) is 0 Å². The van der Waals surface area contributed by atoms with E-state index in [2.05, 4.69) is 15.5 Å². The Balaban J connectivity index is 1.84. The third-order valence-electron chi connectivity index (χ3n) is 2.91. The summed E-state index contributed by atoms with van der Waals surface area (Å²) in [5.74, 6) is -0.517. The summed E-state index contributed by atoms with van der Waals surface area (Å²) < 4.78 is 13.2. The van der Waals surface area contributed by atoms with Crippen LogP contribution in [0.25, 0.3) is 10.9 Å². The molecule has 0 aliphatic heterocycles. The van der Waals surface area contributed by atoms with Gasteiger partial charge in [0.05, 0.1) is 11.7 Å². The van der Waals surface area contributed by atoms with Gasteiger partial charge in [-0.25, -0.2) is 4.39 Å². The first-order chi connectivity index (χ1) is 9.22. The Morgan fingerprint density at radius 1 is 1.26 bits per heavy atom. The number of phenolic OH excluding ortho intramolecular Hbond substituents is 1. The average Bonchev–Trinajstić information content (AvgIpc) is 2.83. The molecule has 0 amide bonds. The van der Waals surface area contributed by atoms with Crippen LogP contribution in [0.1, 0.15) is 5.56 Å². The Kier molecular flexibility index (Phi) is 2.79. The van der Waals surface area contributed by atoms with Crippen molar-refractivity contribution in [1.29, 1.82) is 0 Å². The van der Waals surface area contributed by atoms with E-state index in [0.29, 0.717) is 12.1 Å². The summed E-state index contributed by atoms with van der Waals surface area (Å²) in [6.45, 7) is 0.426. The van der Waals surface area contributed by atoms with Gasteiger partial charge in [-0.2, -0.15) is 5.10 Å². The van der Waals surface area contributed by atoms with Crippen molar-refractivity contribution in [2.75, 3.05) is 5.32 Å². The van der Waals surface area contributed by atoms with Gasteiger partial charge in [-0.15, -0.1) is 0 Å². The van der Waals surface area contributed by atoms with E-state index in [-0.39, 0.29) is 5.75 Å². The average molecular weight is 257 g/mol. The van der Waals surface area contributed by atoms with Gasteiger partial charge in [0.2, 0.25) is 0 Å². The first-order valence-electron chi connectivity index (χ1n) is 5.87. The maximum absolute atomic E-state index is 13.2. The highest BCUT2D eigenvalue weighted by molar-refractivity contribution is 5.90. The molecule has 2 aromatic carbocycles. The quantitative estimate of drug-likeness (QED) is 0.676. The van der Waals surface area contributed by atoms with Crippen LogP contribution >= 0.6 is 0 Å². The van der Waals surface area contributed by atoms with Crippen LogP contribution in [0, 0.1) is 5.82 Å². The van der Waals surface area contributed by atoms with Crippen LogP contribution in [-0.4, -0.2) is 15.3 Å². The molecule has 1 aromatic heterocycles. The second-order valence-electron chi connectivity index (χ2n) is 4.31. The van der Waals surface area contributed by atoms with Gasteiger partial charge in [-0.3, -0.25) is 5.10 Å². The van der Waals surface area contributed by atoms with Gasteiger partial charge in [-0.1, -0.05) is 6.07 Å². The summed E-state index contributed by atoms with van der Waals surface area (Å²) in [5.41, 5.74) is 2.53. The van der Waals surface area contributed by atoms with Crippen LogP contribution in [0.4, 0.5) is 10.1 Å². The fourth-order valence-electron chi connectivity index (χ4n) is 2.05. The number of aromatic hydroxyl groups is 1. The van der Waals surface area contributed by atoms with Crippen molar-refractivity contribution in [2.24, 2.45) is 0 Å². The molecule has 0 saturated carbocycles. The third-order valence-corrected chi connectivity index (χ3v) is 2.91. The minimum atomic E-state index is -0.446. The number of nitrogens with one attached hydrogen (secondary N) is 2. The summed E-state index contributed by atoms with van der Waals surface area (Å²) in [7, 11) is 0. The molecule has 0 atom stereocenters. The maximum atomic E-state index is 13.2. The molecule has 1 heterocycles. The van der Waals surface area contributed by atoms with Crippen molar-refractivity contribution < 1.29 is 9.50 Å². The number of phenols is 1. The smallest absolute Gasteiger partial charge is 0.127 e. The molecule has 3 N–H and O–H groups in total. The Morgan fingerprint density at radius 2 is 2.16 bits per heavy atom. The molecule has 19 heavy (non-hydrogen) atoms. The fraction of sp³-hybridized carbons (Fsp3) is 0.0714. The zero-order valence-corrected chi connectivity index (χ0v) is 10.0. The molecule has 3 rings (SSSR count). The highest BCUT2D eigenvalue weighted by Crippen LogP contribution is 2.22. The fourth-order valence-corrected chi connectivity index (χ4v) is 2.05. The third kappa shape index (κ3) is 2.35. The van der Waals surface area contributed by atoms with E-state index in [0.717, 1.165) is 22.7 Å². The lowest BCUT2D eigenvalue weighted by Crippen LogP contribution is -2.00. The zero-order valence-electron chi connectivity index (χ0n) is 10.0. The molecule has 0 aliphatic rings. The predicted octanol–water partition coefficient (Wildman–Crippen LogP) is 3.02. The van der Waals surface area contributed by atoms with Crippen molar-refractivity contribution in [2.45, 2.75) is 6.54 Å². The van der Waals surface area contributed by atoms with E-state index in [9.17, 15) is 9.50 Å². The Hall–Kier alpha value is -2.56. The molecular formula is C14H12FN3O. The van der Waals surface area contributed by atoms with Crippen LogP contribution in [0.15, 0.2) is 42.6 Å². The number of aromatic amines is 1. The molecule has 4 nitrogen and oxygen atoms in total. The van der Waals surface area contributed by atoms with Gasteiger partial charge < -0.3 is 10.4 Å². The van der Waals surface area contributed by atoms with Crippen molar-refractivity contribution in [3.8, 4) is 5.75 Å². The van der Waals surface area contributed by atoms with Crippen molar-refractivity contribution in [1.82, 2.24) is 10.2 Å². The van der Waals surface area contributed by atoms with Crippen LogP contribution in [0.5, 0.6) is 5.75 Å². The lowest BCUT2D eigenvalue weighted by atomic mass is 10.2. The first-order valence-corrected chi connectivity index (χ1v) is 5.87. The molecule has 0 spiro atoms. The van der Waals surface area contributed by atoms with E-state index in [1.165, 1.54) is 12.1 Å². The SMILES string of the molecule is Oc1cc(F)cc(CNc2cccc3[nH]ncc23)c1. The van der Waals surface area contributed by atoms with E-state index in [4.69, 9.17) is 0 Å². The Bertz CT molecular complexity index is 703. The second kappa shape index (κ2) is 4.61. The van der Waals surface area contributed by atoms with E-state index < -0.39 is 5.82 Å².